The Kier molecular flexibility index (Phi) is 8.21. The molecule has 0 aromatic rings. The molecule has 28 heavy (non-hydrogen) atoms. The summed E-state index contributed by atoms with van der Waals surface area (Å²) in [4.78, 5) is 7.36. The smallest absolute Gasteiger partial charge is 0.215 e. The van der Waals surface area contributed by atoms with Gasteiger partial charge >= 0.3 is 0 Å². The lowest BCUT2D eigenvalue weighted by molar-refractivity contribution is 0.0885. The predicted molar refractivity (Wildman–Crippen MR) is 121 cm³/mol. The summed E-state index contributed by atoms with van der Waals surface area (Å²) in [5.41, 5.74) is 3.93. The monoisotopic (exact) mass is 388 g/mol. The maximum Gasteiger partial charge on any atom is 0.215 e. The molecule has 0 N–H and O–H groups in total. The molecule has 3 heteroatoms. The topological polar surface area (TPSA) is 24.8 Å². The lowest BCUT2D eigenvalue weighted by Crippen LogP contribution is -2.49. The van der Waals surface area contributed by atoms with E-state index in [-0.39, 0.29) is 5.54 Å². The lowest BCUT2D eigenvalue weighted by atomic mass is 9.76. The zero-order chi connectivity index (χ0) is 20.9. The molecule has 2 aliphatic rings. The first kappa shape index (κ1) is 23.0. The molecular formula is C25H44N2O. The molecule has 1 saturated heterocycles. The van der Waals surface area contributed by atoms with Gasteiger partial charge < -0.3 is 9.64 Å². The highest BCUT2D eigenvalue weighted by molar-refractivity contribution is 5.89. The van der Waals surface area contributed by atoms with E-state index in [1.807, 2.05) is 0 Å². The average molecular weight is 389 g/mol. The number of allylic oxidation sites excluding steroid dienone is 3. The Morgan fingerprint density at radius 1 is 1.21 bits per heavy atom. The quantitative estimate of drug-likeness (QED) is 0.363. The van der Waals surface area contributed by atoms with Crippen LogP contribution in [0, 0.1) is 17.8 Å². The summed E-state index contributed by atoms with van der Waals surface area (Å²) in [7, 11) is 2.23. The van der Waals surface area contributed by atoms with Crippen LogP contribution >= 0.6 is 0 Å². The molecular weight excluding hydrogens is 344 g/mol. The van der Waals surface area contributed by atoms with Gasteiger partial charge in [0.05, 0.1) is 6.61 Å². The number of hydrogen-bond acceptors (Lipinski definition) is 3. The molecule has 3 nitrogen and oxygen atoms in total. The standard InChI is InChI=1S/C25H44N2O/c1-9-18(2)21(5)26-24(28-15-14-22-12-10-11-13-22)16-23-20(4)19(3)17-25(6,7)27(23)8/h16,19-20,22H,9-15,17H2,1-8H3. The molecule has 0 spiro atoms. The normalized spacial score (nSPS) is 28.6. The summed E-state index contributed by atoms with van der Waals surface area (Å²) in [5.74, 6) is 2.81. The number of ether oxygens (including phenoxy) is 1. The molecule has 0 radical (unpaired) electrons. The van der Waals surface area contributed by atoms with E-state index >= 15 is 0 Å². The Hall–Kier alpha value is -1.25. The number of hydrogen-bond donors (Lipinski definition) is 0. The fourth-order valence-corrected chi connectivity index (χ4v) is 4.65. The Morgan fingerprint density at radius 2 is 1.86 bits per heavy atom. The molecule has 0 aromatic carbocycles. The number of nitrogens with zero attached hydrogens (tertiary/aromatic N) is 2. The van der Waals surface area contributed by atoms with Crippen LogP contribution in [0.5, 0.6) is 0 Å². The summed E-state index contributed by atoms with van der Waals surface area (Å²) in [6, 6.07) is 0. The van der Waals surface area contributed by atoms with Crippen molar-refractivity contribution in [3.8, 4) is 0 Å². The first-order valence-electron chi connectivity index (χ1n) is 11.5. The van der Waals surface area contributed by atoms with Crippen molar-refractivity contribution in [1.29, 1.82) is 0 Å². The van der Waals surface area contributed by atoms with E-state index in [0.29, 0.717) is 11.8 Å². The van der Waals surface area contributed by atoms with Crippen molar-refractivity contribution in [3.05, 3.63) is 23.0 Å². The first-order valence-corrected chi connectivity index (χ1v) is 11.5. The van der Waals surface area contributed by atoms with E-state index in [9.17, 15) is 0 Å². The second-order valence-electron chi connectivity index (χ2n) is 9.87. The zero-order valence-electron chi connectivity index (χ0n) is 19.8. The van der Waals surface area contributed by atoms with Gasteiger partial charge in [0, 0.05) is 30.1 Å². The van der Waals surface area contributed by atoms with Crippen LogP contribution in [0.15, 0.2) is 28.0 Å². The molecule has 160 valence electrons. The van der Waals surface area contributed by atoms with Gasteiger partial charge in [-0.15, -0.1) is 0 Å². The fourth-order valence-electron chi connectivity index (χ4n) is 4.65. The van der Waals surface area contributed by atoms with Crippen molar-refractivity contribution >= 4 is 5.90 Å². The van der Waals surface area contributed by atoms with Gasteiger partial charge in [-0.1, -0.05) is 52.0 Å². The van der Waals surface area contributed by atoms with E-state index in [1.54, 1.807) is 0 Å². The molecule has 0 bridgehead atoms. The van der Waals surface area contributed by atoms with Gasteiger partial charge in [-0.2, -0.15) is 0 Å². The lowest BCUT2D eigenvalue weighted by Gasteiger charge is -2.49. The van der Waals surface area contributed by atoms with Crippen LogP contribution in [0.4, 0.5) is 0 Å². The van der Waals surface area contributed by atoms with Gasteiger partial charge in [-0.25, -0.2) is 4.99 Å². The summed E-state index contributed by atoms with van der Waals surface area (Å²) >= 11 is 0. The van der Waals surface area contributed by atoms with Crippen LogP contribution in [-0.4, -0.2) is 30.0 Å². The van der Waals surface area contributed by atoms with Crippen LogP contribution < -0.4 is 0 Å². The molecule has 1 heterocycles. The van der Waals surface area contributed by atoms with E-state index in [0.717, 1.165) is 37.0 Å². The van der Waals surface area contributed by atoms with E-state index < -0.39 is 0 Å². The molecule has 1 aliphatic heterocycles. The Bertz CT molecular complexity index is 608. The van der Waals surface area contributed by atoms with Gasteiger partial charge in [0.25, 0.3) is 0 Å². The molecule has 2 rings (SSSR count). The van der Waals surface area contributed by atoms with E-state index in [4.69, 9.17) is 9.73 Å². The zero-order valence-corrected chi connectivity index (χ0v) is 19.8. The van der Waals surface area contributed by atoms with Crippen LogP contribution in [0.25, 0.3) is 0 Å². The first-order chi connectivity index (χ1) is 13.2. The highest BCUT2D eigenvalue weighted by Gasteiger charge is 2.37. The SMILES string of the molecule is CCC(C)=C(C)N=C(C=C1C(C)C(C)CC(C)(C)N1C)OCCC1CCCC1. The molecule has 2 atom stereocenters. The molecule has 0 aromatic heterocycles. The molecule has 1 saturated carbocycles. The van der Waals surface area contributed by atoms with Gasteiger partial charge in [0.1, 0.15) is 0 Å². The minimum Gasteiger partial charge on any atom is -0.478 e. The van der Waals surface area contributed by atoms with Gasteiger partial charge in [0.15, 0.2) is 0 Å². The summed E-state index contributed by atoms with van der Waals surface area (Å²) in [5, 5.41) is 0. The van der Waals surface area contributed by atoms with Crippen molar-refractivity contribution in [2.24, 2.45) is 22.7 Å². The molecule has 2 fully saturated rings. The van der Waals surface area contributed by atoms with Gasteiger partial charge in [-0.3, -0.25) is 0 Å². The van der Waals surface area contributed by atoms with Crippen LogP contribution in [0.2, 0.25) is 0 Å². The summed E-state index contributed by atoms with van der Waals surface area (Å²) < 4.78 is 6.28. The predicted octanol–water partition coefficient (Wildman–Crippen LogP) is 6.96. The molecule has 1 aliphatic carbocycles. The van der Waals surface area contributed by atoms with Crippen LogP contribution in [-0.2, 0) is 4.74 Å². The van der Waals surface area contributed by atoms with Crippen LogP contribution in [0.1, 0.15) is 93.4 Å². The van der Waals surface area contributed by atoms with Crippen molar-refractivity contribution in [3.63, 3.8) is 0 Å². The minimum absolute atomic E-state index is 0.164. The van der Waals surface area contributed by atoms with Crippen molar-refractivity contribution in [2.75, 3.05) is 13.7 Å². The molecule has 2 unspecified atom stereocenters. The van der Waals surface area contributed by atoms with Gasteiger partial charge in [0.2, 0.25) is 5.90 Å². The number of piperidine rings is 1. The largest absolute Gasteiger partial charge is 0.478 e. The summed E-state index contributed by atoms with van der Waals surface area (Å²) in [6.45, 7) is 16.6. The number of rotatable bonds is 6. The van der Waals surface area contributed by atoms with E-state index in [1.165, 1.54) is 43.4 Å². The molecule has 0 amide bonds. The highest BCUT2D eigenvalue weighted by Crippen LogP contribution is 2.40. The third kappa shape index (κ3) is 5.87. The van der Waals surface area contributed by atoms with Crippen molar-refractivity contribution in [1.82, 2.24) is 4.90 Å². The Morgan fingerprint density at radius 3 is 2.46 bits per heavy atom. The Balaban J connectivity index is 2.25. The number of likely N-dealkylation sites (tertiary alicyclic amines) is 1. The highest BCUT2D eigenvalue weighted by atomic mass is 16.5. The second-order valence-corrected chi connectivity index (χ2v) is 9.87. The maximum atomic E-state index is 6.28. The van der Waals surface area contributed by atoms with Crippen molar-refractivity contribution in [2.45, 2.75) is 99.0 Å². The fraction of sp³-hybridized carbons (Fsp3) is 0.800. The van der Waals surface area contributed by atoms with Gasteiger partial charge in [-0.05, 0) is 64.7 Å². The Labute approximate surface area is 174 Å². The third-order valence-corrected chi connectivity index (χ3v) is 7.38. The third-order valence-electron chi connectivity index (χ3n) is 7.38. The second kappa shape index (κ2) is 9.98. The number of aliphatic imine (C=N–C) groups is 1. The summed E-state index contributed by atoms with van der Waals surface area (Å²) in [6.07, 6.45) is 11.2. The van der Waals surface area contributed by atoms with Crippen molar-refractivity contribution < 1.29 is 4.74 Å². The maximum absolute atomic E-state index is 6.28. The van der Waals surface area contributed by atoms with Crippen LogP contribution in [0.3, 0.4) is 0 Å². The average Bonchev–Trinajstić information content (AvgIpc) is 3.15. The van der Waals surface area contributed by atoms with E-state index in [2.05, 4.69) is 66.5 Å². The minimum atomic E-state index is 0.164.